The second-order valence-electron chi connectivity index (χ2n) is 4.28. The Hall–Kier alpha value is -3.11. The minimum Gasteiger partial charge on any atom is -0.423 e. The van der Waals surface area contributed by atoms with Gasteiger partial charge < -0.3 is 10.0 Å². The van der Waals surface area contributed by atoms with Gasteiger partial charge >= 0.3 is 7.12 Å². The molecule has 2 rings (SSSR count). The van der Waals surface area contributed by atoms with E-state index in [1.165, 1.54) is 24.3 Å². The fraction of sp³-hybridized carbons (Fsp3) is 0. The number of hydrogen-bond acceptors (Lipinski definition) is 5. The van der Waals surface area contributed by atoms with Crippen molar-refractivity contribution in [2.45, 2.75) is 0 Å². The van der Waals surface area contributed by atoms with Crippen LogP contribution >= 0.6 is 0 Å². The van der Waals surface area contributed by atoms with Crippen molar-refractivity contribution in [1.82, 2.24) is 0 Å². The Morgan fingerprint density at radius 1 is 0.762 bits per heavy atom. The van der Waals surface area contributed by atoms with Crippen LogP contribution in [0.3, 0.4) is 0 Å². The first-order valence-electron chi connectivity index (χ1n) is 5.95. The van der Waals surface area contributed by atoms with E-state index < -0.39 is 7.12 Å². The Morgan fingerprint density at radius 3 is 1.67 bits per heavy atom. The number of benzene rings is 2. The van der Waals surface area contributed by atoms with Gasteiger partial charge in [0.2, 0.25) is 0 Å². The van der Waals surface area contributed by atoms with Gasteiger partial charge in [-0.05, 0) is 28.7 Å². The van der Waals surface area contributed by atoms with Crippen molar-refractivity contribution in [1.29, 1.82) is 15.8 Å². The Balaban J connectivity index is 2.58. The zero-order valence-corrected chi connectivity index (χ0v) is 10.8. The van der Waals surface area contributed by atoms with Crippen molar-refractivity contribution in [2.24, 2.45) is 0 Å². The lowest BCUT2D eigenvalue weighted by molar-refractivity contribution is 0.426. The fourth-order valence-electron chi connectivity index (χ4n) is 1.95. The molecule has 0 spiro atoms. The van der Waals surface area contributed by atoms with Crippen molar-refractivity contribution in [3.8, 4) is 29.3 Å². The summed E-state index contributed by atoms with van der Waals surface area (Å²) in [5, 5.41) is 45.3. The van der Waals surface area contributed by atoms with E-state index in [1.807, 2.05) is 18.2 Å². The highest BCUT2D eigenvalue weighted by atomic mass is 16.4. The lowest BCUT2D eigenvalue weighted by atomic mass is 9.79. The van der Waals surface area contributed by atoms with Crippen LogP contribution in [0.5, 0.6) is 0 Å². The van der Waals surface area contributed by atoms with Gasteiger partial charge in [-0.25, -0.2) is 0 Å². The van der Waals surface area contributed by atoms with Crippen molar-refractivity contribution < 1.29 is 10.0 Å². The van der Waals surface area contributed by atoms with Crippen LogP contribution in [0.4, 0.5) is 0 Å². The maximum atomic E-state index is 9.08. The molecule has 0 saturated heterocycles. The highest BCUT2D eigenvalue weighted by Crippen LogP contribution is 2.24. The summed E-state index contributed by atoms with van der Waals surface area (Å²) in [7, 11) is -1.55. The molecule has 98 valence electrons. The van der Waals surface area contributed by atoms with E-state index in [2.05, 4.69) is 0 Å². The highest BCUT2D eigenvalue weighted by Gasteiger charge is 2.13. The predicted octanol–water partition coefficient (Wildman–Crippen LogP) is 0.648. The molecule has 0 fully saturated rings. The molecule has 0 saturated carbocycles. The maximum Gasteiger partial charge on any atom is 0.488 e. The summed E-state index contributed by atoms with van der Waals surface area (Å²) in [6.07, 6.45) is 0. The first-order chi connectivity index (χ1) is 10.1. The van der Waals surface area contributed by atoms with Crippen molar-refractivity contribution in [3.63, 3.8) is 0 Å². The molecule has 5 nitrogen and oxygen atoms in total. The lowest BCUT2D eigenvalue weighted by Gasteiger charge is -2.06. The van der Waals surface area contributed by atoms with Crippen LogP contribution in [0.25, 0.3) is 11.1 Å². The Kier molecular flexibility index (Phi) is 4.02. The van der Waals surface area contributed by atoms with Gasteiger partial charge in [0.15, 0.2) is 0 Å². The SMILES string of the molecule is N#Cc1cc(-c2ccc(B(O)O)cc2)cc(C#N)c1C#N. The van der Waals surface area contributed by atoms with Crippen LogP contribution in [0.15, 0.2) is 36.4 Å². The second kappa shape index (κ2) is 5.90. The van der Waals surface area contributed by atoms with Gasteiger partial charge in [-0.15, -0.1) is 0 Å². The first kappa shape index (κ1) is 14.3. The van der Waals surface area contributed by atoms with E-state index >= 15 is 0 Å². The smallest absolute Gasteiger partial charge is 0.423 e. The van der Waals surface area contributed by atoms with E-state index in [0.29, 0.717) is 16.6 Å². The van der Waals surface area contributed by atoms with Gasteiger partial charge in [-0.1, -0.05) is 24.3 Å². The minimum absolute atomic E-state index is 0.0613. The number of hydrogen-bond donors (Lipinski definition) is 2. The van der Waals surface area contributed by atoms with Crippen LogP contribution in [0.1, 0.15) is 16.7 Å². The van der Waals surface area contributed by atoms with Crippen molar-refractivity contribution in [3.05, 3.63) is 53.1 Å². The molecule has 6 heteroatoms. The Bertz CT molecular complexity index is 774. The first-order valence-corrected chi connectivity index (χ1v) is 5.95. The van der Waals surface area contributed by atoms with E-state index in [1.54, 1.807) is 12.1 Å². The molecule has 2 N–H and O–H groups in total. The summed E-state index contributed by atoms with van der Waals surface area (Å²) in [6.45, 7) is 0. The molecule has 0 amide bonds. The summed E-state index contributed by atoms with van der Waals surface area (Å²) in [4.78, 5) is 0. The summed E-state index contributed by atoms with van der Waals surface area (Å²) < 4.78 is 0. The quantitative estimate of drug-likeness (QED) is 0.780. The number of nitriles is 3. The van der Waals surface area contributed by atoms with Crippen molar-refractivity contribution >= 4 is 12.6 Å². The molecule has 2 aromatic carbocycles. The lowest BCUT2D eigenvalue weighted by Crippen LogP contribution is -2.29. The predicted molar refractivity (Wildman–Crippen MR) is 75.8 cm³/mol. The van der Waals surface area contributed by atoms with Crippen LogP contribution in [0.2, 0.25) is 0 Å². The van der Waals surface area contributed by atoms with E-state index in [-0.39, 0.29) is 16.7 Å². The summed E-state index contributed by atoms with van der Waals surface area (Å²) in [5.41, 5.74) is 1.99. The van der Waals surface area contributed by atoms with E-state index in [9.17, 15) is 0 Å². The number of nitrogens with zero attached hydrogens (tertiary/aromatic N) is 3. The van der Waals surface area contributed by atoms with Gasteiger partial charge in [-0.3, -0.25) is 0 Å². The fourth-order valence-corrected chi connectivity index (χ4v) is 1.95. The molecule has 21 heavy (non-hydrogen) atoms. The standard InChI is InChI=1S/C15H8BN3O2/c17-7-12-5-11(6-13(8-18)15(12)9-19)10-1-3-14(4-2-10)16(20)21/h1-6,20-21H. The molecule has 0 heterocycles. The zero-order valence-electron chi connectivity index (χ0n) is 10.8. The summed E-state index contributed by atoms with van der Waals surface area (Å²) >= 11 is 0. The van der Waals surface area contributed by atoms with E-state index in [4.69, 9.17) is 25.8 Å². The molecule has 0 unspecified atom stereocenters. The van der Waals surface area contributed by atoms with Crippen molar-refractivity contribution in [2.75, 3.05) is 0 Å². The molecule has 0 bridgehead atoms. The molecular formula is C15H8BN3O2. The van der Waals surface area contributed by atoms with Gasteiger partial charge in [0.1, 0.15) is 18.2 Å². The molecule has 2 aromatic rings. The third-order valence-electron chi connectivity index (χ3n) is 3.03. The molecule has 0 aliphatic heterocycles. The normalized spacial score (nSPS) is 9.29. The Labute approximate surface area is 121 Å². The topological polar surface area (TPSA) is 112 Å². The van der Waals surface area contributed by atoms with E-state index in [0.717, 1.165) is 0 Å². The number of rotatable bonds is 2. The van der Waals surface area contributed by atoms with Crippen LogP contribution in [0, 0.1) is 34.0 Å². The summed E-state index contributed by atoms with van der Waals surface area (Å²) in [5.74, 6) is 0. The Morgan fingerprint density at radius 2 is 1.29 bits per heavy atom. The molecule has 0 aliphatic carbocycles. The van der Waals surface area contributed by atoms with Crippen LogP contribution < -0.4 is 5.46 Å². The average Bonchev–Trinajstić information content (AvgIpc) is 2.53. The monoisotopic (exact) mass is 273 g/mol. The average molecular weight is 273 g/mol. The van der Waals surface area contributed by atoms with Gasteiger partial charge in [0, 0.05) is 0 Å². The van der Waals surface area contributed by atoms with Gasteiger partial charge in [0.25, 0.3) is 0 Å². The zero-order chi connectivity index (χ0) is 15.4. The van der Waals surface area contributed by atoms with Crippen LogP contribution in [-0.2, 0) is 0 Å². The van der Waals surface area contributed by atoms with Gasteiger partial charge in [0.05, 0.1) is 16.7 Å². The third kappa shape index (κ3) is 2.75. The summed E-state index contributed by atoms with van der Waals surface area (Å²) in [6, 6.07) is 15.1. The molecule has 0 atom stereocenters. The highest BCUT2D eigenvalue weighted by molar-refractivity contribution is 6.58. The second-order valence-corrected chi connectivity index (χ2v) is 4.28. The molecule has 0 aromatic heterocycles. The maximum absolute atomic E-state index is 9.08. The minimum atomic E-state index is -1.55. The molecular weight excluding hydrogens is 265 g/mol. The largest absolute Gasteiger partial charge is 0.488 e. The molecule has 0 radical (unpaired) electrons. The molecule has 0 aliphatic rings. The van der Waals surface area contributed by atoms with Crippen LogP contribution in [-0.4, -0.2) is 17.2 Å². The third-order valence-corrected chi connectivity index (χ3v) is 3.03. The van der Waals surface area contributed by atoms with Gasteiger partial charge in [-0.2, -0.15) is 15.8 Å².